The molecular formula is C28H32ClFN6O9. The van der Waals surface area contributed by atoms with Gasteiger partial charge in [0.2, 0.25) is 5.91 Å². The summed E-state index contributed by atoms with van der Waals surface area (Å²) in [5, 5.41) is 47.4. The highest BCUT2D eigenvalue weighted by molar-refractivity contribution is 6.30. The van der Waals surface area contributed by atoms with E-state index in [1.54, 1.807) is 6.07 Å². The number of rotatable bonds is 13. The van der Waals surface area contributed by atoms with E-state index in [1.807, 2.05) is 0 Å². The van der Waals surface area contributed by atoms with Crippen LogP contribution >= 0.6 is 11.6 Å². The van der Waals surface area contributed by atoms with Crippen LogP contribution in [0.25, 0.3) is 11.4 Å². The number of ether oxygens (including phenoxy) is 3. The van der Waals surface area contributed by atoms with Crippen LogP contribution in [-0.4, -0.2) is 111 Å². The summed E-state index contributed by atoms with van der Waals surface area (Å²) in [5.74, 6) is -1.17. The molecule has 242 valence electrons. The third kappa shape index (κ3) is 8.58. The summed E-state index contributed by atoms with van der Waals surface area (Å²) in [5.41, 5.74) is 0.578. The first-order valence-corrected chi connectivity index (χ1v) is 14.0. The Hall–Kier alpha value is -4.03. The second kappa shape index (κ2) is 15.8. The lowest BCUT2D eigenvalue weighted by Gasteiger charge is -2.39. The van der Waals surface area contributed by atoms with Crippen molar-refractivity contribution in [3.8, 4) is 17.1 Å². The number of carbonyl (C=O) groups is 2. The largest absolute Gasteiger partial charge is 0.491 e. The molecule has 1 saturated heterocycles. The minimum Gasteiger partial charge on any atom is -0.491 e. The zero-order valence-corrected chi connectivity index (χ0v) is 24.6. The van der Waals surface area contributed by atoms with Crippen molar-refractivity contribution in [2.45, 2.75) is 37.1 Å². The van der Waals surface area contributed by atoms with Gasteiger partial charge >= 0.3 is 0 Å². The number of benzene rings is 1. The molecule has 7 N–H and O–H groups in total. The van der Waals surface area contributed by atoms with Crippen LogP contribution in [0.2, 0.25) is 5.02 Å². The van der Waals surface area contributed by atoms with Gasteiger partial charge in [0.15, 0.2) is 23.7 Å². The maximum Gasteiger partial charge on any atom is 0.254 e. The van der Waals surface area contributed by atoms with Crippen LogP contribution in [0, 0.1) is 5.82 Å². The predicted molar refractivity (Wildman–Crippen MR) is 156 cm³/mol. The second-order valence-corrected chi connectivity index (χ2v) is 10.2. The smallest absolute Gasteiger partial charge is 0.254 e. The van der Waals surface area contributed by atoms with Crippen molar-refractivity contribution in [1.82, 2.24) is 25.6 Å². The number of pyridine rings is 1. The molecule has 0 aliphatic carbocycles. The molecular weight excluding hydrogens is 619 g/mol. The highest BCUT2D eigenvalue weighted by atomic mass is 35.5. The average molecular weight is 651 g/mol. The lowest BCUT2D eigenvalue weighted by molar-refractivity contribution is -0.299. The Bertz CT molecular complexity index is 1490. The molecule has 0 bridgehead atoms. The molecule has 3 aromatic rings. The quantitative estimate of drug-likeness (QED) is 0.123. The van der Waals surface area contributed by atoms with Crippen LogP contribution < -0.4 is 20.7 Å². The summed E-state index contributed by atoms with van der Waals surface area (Å²) in [4.78, 5) is 37.7. The van der Waals surface area contributed by atoms with Crippen LogP contribution in [0.3, 0.4) is 0 Å². The number of aromatic nitrogens is 3. The standard InChI is InChI=1S/C28H32ClFN6O9/c1-43-19-11-34-25(15-9-14(29)3-4-17(15)30)36-26(19)35-18-5-8-31-10-16(18)27(42)33-7-2-6-32-21(38)13-44-28-24(41)23(40)22(39)20(12-37)45-28/h3-5,8-11,20,22-24,28,37,39-41H,2,6-7,12-13H2,1H3,(H,32,38)(H,33,42)(H,31,34,35,36). The van der Waals surface area contributed by atoms with Crippen molar-refractivity contribution in [2.75, 3.05) is 38.7 Å². The van der Waals surface area contributed by atoms with Gasteiger partial charge in [0, 0.05) is 30.5 Å². The summed E-state index contributed by atoms with van der Waals surface area (Å²) in [7, 11) is 1.41. The van der Waals surface area contributed by atoms with Gasteiger partial charge in [0.25, 0.3) is 5.91 Å². The lowest BCUT2D eigenvalue weighted by atomic mass is 9.99. The van der Waals surface area contributed by atoms with Gasteiger partial charge in [-0.3, -0.25) is 14.6 Å². The highest BCUT2D eigenvalue weighted by Crippen LogP contribution is 2.30. The number of anilines is 2. The molecule has 17 heteroatoms. The van der Waals surface area contributed by atoms with E-state index in [-0.39, 0.29) is 41.6 Å². The van der Waals surface area contributed by atoms with Gasteiger partial charge in [-0.2, -0.15) is 0 Å². The molecule has 5 unspecified atom stereocenters. The molecule has 0 spiro atoms. The van der Waals surface area contributed by atoms with E-state index in [1.165, 1.54) is 43.9 Å². The lowest BCUT2D eigenvalue weighted by Crippen LogP contribution is -2.59. The Balaban J connectivity index is 1.29. The Morgan fingerprint density at radius 2 is 1.87 bits per heavy atom. The first-order chi connectivity index (χ1) is 21.6. The number of hydrogen-bond donors (Lipinski definition) is 7. The van der Waals surface area contributed by atoms with Crippen LogP contribution in [0.1, 0.15) is 16.8 Å². The van der Waals surface area contributed by atoms with Crippen molar-refractivity contribution >= 4 is 34.9 Å². The van der Waals surface area contributed by atoms with E-state index in [0.717, 1.165) is 0 Å². The minimum absolute atomic E-state index is 0.0407. The SMILES string of the molecule is COc1cnc(-c2cc(Cl)ccc2F)nc1Nc1ccncc1C(=O)NCCCNC(=O)COC1OC(CO)C(O)C(O)C1O. The number of carbonyl (C=O) groups excluding carboxylic acids is 2. The highest BCUT2D eigenvalue weighted by Gasteiger charge is 2.44. The summed E-state index contributed by atoms with van der Waals surface area (Å²) in [6.07, 6.45) is -2.87. The van der Waals surface area contributed by atoms with Crippen LogP contribution in [0.4, 0.5) is 15.9 Å². The average Bonchev–Trinajstić information content (AvgIpc) is 3.04. The first-order valence-electron chi connectivity index (χ1n) is 13.7. The number of nitrogens with one attached hydrogen (secondary N) is 3. The predicted octanol–water partition coefficient (Wildman–Crippen LogP) is 0.136. The normalized spacial score (nSPS) is 21.2. The van der Waals surface area contributed by atoms with Gasteiger partial charge < -0.3 is 50.6 Å². The van der Waals surface area contributed by atoms with Gasteiger partial charge in [-0.15, -0.1) is 0 Å². The Labute approximate surface area is 261 Å². The molecule has 2 amide bonds. The van der Waals surface area contributed by atoms with E-state index in [0.29, 0.717) is 17.1 Å². The summed E-state index contributed by atoms with van der Waals surface area (Å²) in [6.45, 7) is -0.815. The van der Waals surface area contributed by atoms with Gasteiger partial charge in [-0.05, 0) is 30.7 Å². The fourth-order valence-electron chi connectivity index (χ4n) is 4.25. The fourth-order valence-corrected chi connectivity index (χ4v) is 4.42. The van der Waals surface area contributed by atoms with Crippen molar-refractivity contribution in [1.29, 1.82) is 0 Å². The van der Waals surface area contributed by atoms with Gasteiger partial charge in [0.05, 0.1) is 36.7 Å². The van der Waals surface area contributed by atoms with E-state index in [2.05, 4.69) is 30.9 Å². The summed E-state index contributed by atoms with van der Waals surface area (Å²) in [6, 6.07) is 5.55. The molecule has 2 aromatic heterocycles. The number of halogens is 2. The van der Waals surface area contributed by atoms with Gasteiger partial charge in [-0.25, -0.2) is 14.4 Å². The van der Waals surface area contributed by atoms with Crippen LogP contribution in [0.15, 0.2) is 42.9 Å². The molecule has 15 nitrogen and oxygen atoms in total. The molecule has 1 aromatic carbocycles. The Kier molecular flexibility index (Phi) is 11.9. The minimum atomic E-state index is -1.62. The molecule has 45 heavy (non-hydrogen) atoms. The maximum absolute atomic E-state index is 14.4. The summed E-state index contributed by atoms with van der Waals surface area (Å²) < 4.78 is 30.2. The van der Waals surface area contributed by atoms with Gasteiger partial charge in [-0.1, -0.05) is 11.6 Å². The van der Waals surface area contributed by atoms with Crippen LogP contribution in [0.5, 0.6) is 5.75 Å². The number of amides is 2. The Morgan fingerprint density at radius 1 is 1.09 bits per heavy atom. The third-order valence-corrected chi connectivity index (χ3v) is 6.89. The van der Waals surface area contributed by atoms with E-state index >= 15 is 0 Å². The Morgan fingerprint density at radius 3 is 2.62 bits per heavy atom. The van der Waals surface area contributed by atoms with Crippen molar-refractivity contribution in [3.63, 3.8) is 0 Å². The molecule has 4 rings (SSSR count). The van der Waals surface area contributed by atoms with Gasteiger partial charge in [0.1, 0.15) is 36.8 Å². The molecule has 0 saturated carbocycles. The zero-order valence-electron chi connectivity index (χ0n) is 23.9. The van der Waals surface area contributed by atoms with E-state index in [9.17, 15) is 34.4 Å². The van der Waals surface area contributed by atoms with Crippen molar-refractivity contribution in [2.24, 2.45) is 0 Å². The molecule has 1 aliphatic rings. The number of hydrogen-bond acceptors (Lipinski definition) is 13. The van der Waals surface area contributed by atoms with Crippen LogP contribution in [-0.2, 0) is 14.3 Å². The fraction of sp³-hybridized carbons (Fsp3) is 0.393. The molecule has 3 heterocycles. The zero-order chi connectivity index (χ0) is 32.5. The topological polar surface area (TPSA) is 218 Å². The molecule has 1 fully saturated rings. The molecule has 1 aliphatic heterocycles. The number of methoxy groups -OCH3 is 1. The van der Waals surface area contributed by atoms with E-state index in [4.69, 9.17) is 25.8 Å². The molecule has 5 atom stereocenters. The van der Waals surface area contributed by atoms with E-state index < -0.39 is 61.6 Å². The maximum atomic E-state index is 14.4. The second-order valence-electron chi connectivity index (χ2n) is 9.75. The number of aliphatic hydroxyl groups excluding tert-OH is 4. The number of aliphatic hydroxyl groups is 4. The number of nitrogens with zero attached hydrogens (tertiary/aromatic N) is 3. The molecule has 0 radical (unpaired) electrons. The van der Waals surface area contributed by atoms with Crippen molar-refractivity contribution < 1.29 is 48.6 Å². The summed E-state index contributed by atoms with van der Waals surface area (Å²) >= 11 is 6.02. The van der Waals surface area contributed by atoms with Crippen molar-refractivity contribution in [3.05, 3.63) is 59.3 Å². The first kappa shape index (κ1) is 33.9. The third-order valence-electron chi connectivity index (χ3n) is 6.65. The monoisotopic (exact) mass is 650 g/mol.